The summed E-state index contributed by atoms with van der Waals surface area (Å²) in [4.78, 5) is 12.1. The van der Waals surface area contributed by atoms with Crippen molar-refractivity contribution >= 4 is 11.5 Å². The minimum atomic E-state index is -0.551. The smallest absolute Gasteiger partial charge is 0.318 e. The molecule has 0 radical (unpaired) electrons. The molecule has 23 heavy (non-hydrogen) atoms. The van der Waals surface area contributed by atoms with E-state index in [1.807, 2.05) is 26.2 Å². The third-order valence-electron chi connectivity index (χ3n) is 3.26. The van der Waals surface area contributed by atoms with Gasteiger partial charge in [0.2, 0.25) is 0 Å². The highest BCUT2D eigenvalue weighted by Crippen LogP contribution is 2.18. The summed E-state index contributed by atoms with van der Waals surface area (Å²) in [7, 11) is 1.83. The van der Waals surface area contributed by atoms with Gasteiger partial charge in [-0.05, 0) is 25.8 Å². The van der Waals surface area contributed by atoms with E-state index < -0.39 is 5.82 Å². The third kappa shape index (κ3) is 5.43. The van der Waals surface area contributed by atoms with Crippen LogP contribution in [0, 0.1) is 5.82 Å². The van der Waals surface area contributed by atoms with Crippen LogP contribution in [0.25, 0.3) is 0 Å². The molecule has 0 fully saturated rings. The zero-order chi connectivity index (χ0) is 16.7. The topological polar surface area (TPSA) is 65.2 Å². The van der Waals surface area contributed by atoms with E-state index in [4.69, 9.17) is 4.74 Å². The second-order valence-corrected chi connectivity index (χ2v) is 5.40. The molecular weight excluding hydrogens is 297 g/mol. The van der Waals surface area contributed by atoms with Crippen molar-refractivity contribution in [3.8, 4) is 6.01 Å². The van der Waals surface area contributed by atoms with Crippen LogP contribution >= 0.6 is 0 Å². The first-order valence-electron chi connectivity index (χ1n) is 7.76. The van der Waals surface area contributed by atoms with Gasteiger partial charge in [0.1, 0.15) is 6.61 Å². The van der Waals surface area contributed by atoms with Gasteiger partial charge in [-0.1, -0.05) is 19.8 Å². The fraction of sp³-hybridized carbons (Fsp3) is 0.500. The molecule has 2 heterocycles. The molecule has 7 heteroatoms. The lowest BCUT2D eigenvalue weighted by Crippen LogP contribution is -2.02. The lowest BCUT2D eigenvalue weighted by molar-refractivity contribution is 0.274. The van der Waals surface area contributed by atoms with Gasteiger partial charge in [0.25, 0.3) is 0 Å². The van der Waals surface area contributed by atoms with Gasteiger partial charge >= 0.3 is 6.01 Å². The Balaban J connectivity index is 2.01. The molecule has 124 valence electrons. The zero-order valence-electron chi connectivity index (χ0n) is 13.8. The lowest BCUT2D eigenvalue weighted by atomic mass is 10.1. The Kier molecular flexibility index (Phi) is 6.19. The largest absolute Gasteiger partial charge is 0.457 e. The summed E-state index contributed by atoms with van der Waals surface area (Å²) in [6.07, 6.45) is 7.06. The van der Waals surface area contributed by atoms with E-state index in [0.717, 1.165) is 43.3 Å². The second-order valence-electron chi connectivity index (χ2n) is 5.40. The summed E-state index contributed by atoms with van der Waals surface area (Å²) in [6, 6.07) is 1.93. The summed E-state index contributed by atoms with van der Waals surface area (Å²) >= 11 is 0. The van der Waals surface area contributed by atoms with Gasteiger partial charge in [0, 0.05) is 19.0 Å². The van der Waals surface area contributed by atoms with Crippen LogP contribution in [0.5, 0.6) is 6.01 Å². The molecule has 0 unspecified atom stereocenters. The van der Waals surface area contributed by atoms with Crippen LogP contribution in [0.2, 0.25) is 0 Å². The molecule has 0 bridgehead atoms. The average Bonchev–Trinajstić information content (AvgIpc) is 2.94. The number of rotatable bonds is 8. The van der Waals surface area contributed by atoms with Gasteiger partial charge in [0.15, 0.2) is 11.6 Å². The number of aryl methyl sites for hydroxylation is 1. The van der Waals surface area contributed by atoms with Crippen LogP contribution in [0.1, 0.15) is 45.2 Å². The minimum absolute atomic E-state index is 0.0185. The molecule has 2 aromatic heterocycles. The third-order valence-corrected chi connectivity index (χ3v) is 3.26. The maximum absolute atomic E-state index is 13.8. The van der Waals surface area contributed by atoms with Gasteiger partial charge in [-0.25, -0.2) is 14.4 Å². The number of hydrogen-bond acceptors (Lipinski definition) is 5. The highest BCUT2D eigenvalue weighted by molar-refractivity contribution is 5.84. The first-order chi connectivity index (χ1) is 11.1. The van der Waals surface area contributed by atoms with Crippen molar-refractivity contribution in [3.63, 3.8) is 0 Å². The molecule has 0 aliphatic carbocycles. The number of halogens is 1. The summed E-state index contributed by atoms with van der Waals surface area (Å²) < 4.78 is 20.9. The fourth-order valence-electron chi connectivity index (χ4n) is 2.04. The number of aromatic nitrogens is 4. The minimum Gasteiger partial charge on any atom is -0.457 e. The van der Waals surface area contributed by atoms with E-state index in [1.54, 1.807) is 4.68 Å². The summed E-state index contributed by atoms with van der Waals surface area (Å²) in [5.41, 5.74) is 1.60. The molecule has 0 saturated carbocycles. The number of nitrogens with zero attached hydrogens (tertiary/aromatic N) is 5. The Labute approximate surface area is 135 Å². The Hall–Kier alpha value is -2.31. The van der Waals surface area contributed by atoms with E-state index in [1.165, 1.54) is 0 Å². The summed E-state index contributed by atoms with van der Waals surface area (Å²) in [5.74, 6) is -0.532. The number of aliphatic imine (C=N–C) groups is 1. The maximum atomic E-state index is 13.8. The van der Waals surface area contributed by atoms with Crippen LogP contribution < -0.4 is 4.74 Å². The maximum Gasteiger partial charge on any atom is 0.318 e. The molecule has 6 nitrogen and oxygen atoms in total. The van der Waals surface area contributed by atoms with Crippen LogP contribution in [0.3, 0.4) is 0 Å². The second kappa shape index (κ2) is 8.36. The van der Waals surface area contributed by atoms with Crippen molar-refractivity contribution in [1.82, 2.24) is 19.7 Å². The van der Waals surface area contributed by atoms with E-state index in [2.05, 4.69) is 27.0 Å². The molecule has 0 spiro atoms. The van der Waals surface area contributed by atoms with Crippen LogP contribution in [0.15, 0.2) is 23.5 Å². The molecule has 0 N–H and O–H groups in total. The molecule has 0 atom stereocenters. The van der Waals surface area contributed by atoms with Gasteiger partial charge in [0.05, 0.1) is 11.9 Å². The molecular formula is C16H22FN5O. The average molecular weight is 319 g/mol. The van der Waals surface area contributed by atoms with E-state index in [0.29, 0.717) is 0 Å². The molecule has 2 aromatic rings. The number of ether oxygens (including phenoxy) is 1. The zero-order valence-corrected chi connectivity index (χ0v) is 13.8. The van der Waals surface area contributed by atoms with Crippen molar-refractivity contribution in [2.45, 2.75) is 46.1 Å². The Morgan fingerprint density at radius 3 is 2.91 bits per heavy atom. The van der Waals surface area contributed by atoms with E-state index in [9.17, 15) is 4.39 Å². The molecule has 0 aliphatic heterocycles. The molecule has 2 rings (SSSR count). The summed E-state index contributed by atoms with van der Waals surface area (Å²) in [6.45, 7) is 4.25. The fourth-order valence-corrected chi connectivity index (χ4v) is 2.04. The molecule has 0 aromatic carbocycles. The molecule has 0 aliphatic rings. The highest BCUT2D eigenvalue weighted by Gasteiger charge is 2.08. The summed E-state index contributed by atoms with van der Waals surface area (Å²) in [5, 5.41) is 4.19. The Morgan fingerprint density at radius 2 is 2.22 bits per heavy atom. The number of unbranched alkanes of at least 4 members (excludes halogenated alkanes) is 2. The van der Waals surface area contributed by atoms with Crippen LogP contribution in [-0.2, 0) is 13.7 Å². The van der Waals surface area contributed by atoms with Crippen molar-refractivity contribution in [2.75, 3.05) is 0 Å². The highest BCUT2D eigenvalue weighted by atomic mass is 19.1. The van der Waals surface area contributed by atoms with Gasteiger partial charge in [-0.3, -0.25) is 4.68 Å². The van der Waals surface area contributed by atoms with E-state index >= 15 is 0 Å². The van der Waals surface area contributed by atoms with Gasteiger partial charge in [-0.2, -0.15) is 10.1 Å². The quantitative estimate of drug-likeness (QED) is 0.551. The SMILES string of the molecule is CCCCC/C(C)=N\c1nc(OCc2ccn(C)n2)ncc1F. The Morgan fingerprint density at radius 1 is 1.39 bits per heavy atom. The Bertz CT molecular complexity index is 668. The molecule has 0 saturated heterocycles. The lowest BCUT2D eigenvalue weighted by Gasteiger charge is -2.04. The van der Waals surface area contributed by atoms with Crippen molar-refractivity contribution in [3.05, 3.63) is 30.0 Å². The van der Waals surface area contributed by atoms with Gasteiger partial charge < -0.3 is 4.74 Å². The van der Waals surface area contributed by atoms with Gasteiger partial charge in [-0.15, -0.1) is 0 Å². The normalized spacial score (nSPS) is 11.7. The predicted octanol–water partition coefficient (Wildman–Crippen LogP) is 3.60. The van der Waals surface area contributed by atoms with Crippen molar-refractivity contribution < 1.29 is 9.13 Å². The van der Waals surface area contributed by atoms with Crippen LogP contribution in [0.4, 0.5) is 10.2 Å². The molecule has 0 amide bonds. The first kappa shape index (κ1) is 17.1. The van der Waals surface area contributed by atoms with E-state index in [-0.39, 0.29) is 18.4 Å². The predicted molar refractivity (Wildman–Crippen MR) is 86.4 cm³/mol. The van der Waals surface area contributed by atoms with Crippen molar-refractivity contribution in [1.29, 1.82) is 0 Å². The van der Waals surface area contributed by atoms with Crippen LogP contribution in [-0.4, -0.2) is 25.5 Å². The standard InChI is InChI=1S/C16H22FN5O/c1-4-5-6-7-12(2)19-15-14(17)10-18-16(20-15)23-11-13-8-9-22(3)21-13/h8-10H,4-7,11H2,1-3H3/b19-12-. The van der Waals surface area contributed by atoms with Crippen molar-refractivity contribution in [2.24, 2.45) is 12.0 Å². The first-order valence-corrected chi connectivity index (χ1v) is 7.76. The number of hydrogen-bond donors (Lipinski definition) is 0. The monoisotopic (exact) mass is 319 g/mol.